The molecule has 0 aliphatic carbocycles. The number of sulfonamides is 1. The SMILES string of the molecule is NCCc1ccc(S(=O)(=O)NCC2CCSC2)s1. The predicted molar refractivity (Wildman–Crippen MR) is 77.7 cm³/mol. The average molecular weight is 306 g/mol. The second-order valence-corrected chi connectivity index (χ2v) is 8.65. The van der Waals surface area contributed by atoms with E-state index in [9.17, 15) is 8.42 Å². The normalized spacial score (nSPS) is 20.4. The topological polar surface area (TPSA) is 72.2 Å². The molecule has 0 saturated carbocycles. The van der Waals surface area contributed by atoms with Crippen molar-refractivity contribution in [2.24, 2.45) is 11.7 Å². The van der Waals surface area contributed by atoms with Crippen LogP contribution in [0, 0.1) is 5.92 Å². The fourth-order valence-corrected chi connectivity index (χ4v) is 5.64. The Kier molecular flexibility index (Phi) is 5.08. The van der Waals surface area contributed by atoms with Crippen LogP contribution >= 0.6 is 23.1 Å². The van der Waals surface area contributed by atoms with Crippen molar-refractivity contribution in [2.45, 2.75) is 17.1 Å². The van der Waals surface area contributed by atoms with Crippen molar-refractivity contribution in [1.29, 1.82) is 0 Å². The molecule has 3 N–H and O–H groups in total. The number of rotatable bonds is 6. The maximum Gasteiger partial charge on any atom is 0.250 e. The Balaban J connectivity index is 1.95. The Hall–Kier alpha value is -0.0800. The first kappa shape index (κ1) is 14.3. The van der Waals surface area contributed by atoms with Gasteiger partial charge >= 0.3 is 0 Å². The monoisotopic (exact) mass is 306 g/mol. The molecule has 1 atom stereocenters. The van der Waals surface area contributed by atoms with Crippen LogP contribution in [0.3, 0.4) is 0 Å². The van der Waals surface area contributed by atoms with Gasteiger partial charge in [0.2, 0.25) is 10.0 Å². The number of thioether (sulfide) groups is 1. The summed E-state index contributed by atoms with van der Waals surface area (Å²) in [7, 11) is -3.33. The lowest BCUT2D eigenvalue weighted by molar-refractivity contribution is 0.547. The highest BCUT2D eigenvalue weighted by Crippen LogP contribution is 2.24. The van der Waals surface area contributed by atoms with Gasteiger partial charge in [0.15, 0.2) is 0 Å². The molecule has 102 valence electrons. The van der Waals surface area contributed by atoms with E-state index in [1.54, 1.807) is 6.07 Å². The Bertz CT molecular complexity index is 478. The molecule has 2 heterocycles. The minimum absolute atomic E-state index is 0.400. The third-order valence-corrected chi connectivity index (χ3v) is 7.17. The fourth-order valence-electron chi connectivity index (χ4n) is 1.82. The van der Waals surface area contributed by atoms with E-state index in [0.29, 0.717) is 23.2 Å². The summed E-state index contributed by atoms with van der Waals surface area (Å²) < 4.78 is 27.2. The van der Waals surface area contributed by atoms with Crippen molar-refractivity contribution in [2.75, 3.05) is 24.6 Å². The second-order valence-electron chi connectivity index (χ2n) is 4.34. The van der Waals surface area contributed by atoms with Crippen LogP contribution < -0.4 is 10.5 Å². The highest BCUT2D eigenvalue weighted by Gasteiger charge is 2.21. The van der Waals surface area contributed by atoms with Gasteiger partial charge in [0.25, 0.3) is 0 Å². The first-order valence-electron chi connectivity index (χ1n) is 5.98. The van der Waals surface area contributed by atoms with E-state index in [1.807, 2.05) is 17.8 Å². The average Bonchev–Trinajstić information content (AvgIpc) is 2.98. The summed E-state index contributed by atoms with van der Waals surface area (Å²) in [6.45, 7) is 1.10. The van der Waals surface area contributed by atoms with Crippen molar-refractivity contribution in [3.8, 4) is 0 Å². The number of nitrogens with two attached hydrogens (primary N) is 1. The number of nitrogens with one attached hydrogen (secondary N) is 1. The lowest BCUT2D eigenvalue weighted by Gasteiger charge is -2.09. The zero-order valence-corrected chi connectivity index (χ0v) is 12.5. The van der Waals surface area contributed by atoms with E-state index in [-0.39, 0.29) is 0 Å². The quantitative estimate of drug-likeness (QED) is 0.830. The molecule has 1 aliphatic heterocycles. The molecule has 1 aromatic rings. The van der Waals surface area contributed by atoms with Crippen LogP contribution in [0.15, 0.2) is 16.3 Å². The van der Waals surface area contributed by atoms with E-state index >= 15 is 0 Å². The highest BCUT2D eigenvalue weighted by atomic mass is 32.2. The van der Waals surface area contributed by atoms with Gasteiger partial charge in [-0.3, -0.25) is 0 Å². The maximum absolute atomic E-state index is 12.1. The zero-order valence-electron chi connectivity index (χ0n) is 10.1. The summed E-state index contributed by atoms with van der Waals surface area (Å²) in [5, 5.41) is 0. The van der Waals surface area contributed by atoms with Gasteiger partial charge in [-0.2, -0.15) is 11.8 Å². The van der Waals surface area contributed by atoms with Gasteiger partial charge in [0.1, 0.15) is 4.21 Å². The molecular formula is C11H18N2O2S3. The van der Waals surface area contributed by atoms with E-state index in [2.05, 4.69) is 4.72 Å². The third kappa shape index (κ3) is 3.71. The van der Waals surface area contributed by atoms with Crippen LogP contribution in [0.2, 0.25) is 0 Å². The molecule has 0 bridgehead atoms. The smallest absolute Gasteiger partial charge is 0.250 e. The summed E-state index contributed by atoms with van der Waals surface area (Å²) >= 11 is 3.20. The Morgan fingerprint density at radius 3 is 2.94 bits per heavy atom. The largest absolute Gasteiger partial charge is 0.330 e. The standard InChI is InChI=1S/C11H18N2O2S3/c12-5-3-10-1-2-11(17-10)18(14,15)13-7-9-4-6-16-8-9/h1-2,9,13H,3-8,12H2. The van der Waals surface area contributed by atoms with Crippen molar-refractivity contribution in [3.05, 3.63) is 17.0 Å². The summed E-state index contributed by atoms with van der Waals surface area (Å²) in [5.41, 5.74) is 5.46. The molecule has 0 radical (unpaired) electrons. The van der Waals surface area contributed by atoms with Crippen LogP contribution in [0.4, 0.5) is 0 Å². The fraction of sp³-hybridized carbons (Fsp3) is 0.636. The molecule has 2 rings (SSSR count). The van der Waals surface area contributed by atoms with Crippen LogP contribution in [0.1, 0.15) is 11.3 Å². The lowest BCUT2D eigenvalue weighted by atomic mass is 10.1. The first-order valence-corrected chi connectivity index (χ1v) is 9.43. The van der Waals surface area contributed by atoms with Gasteiger partial charge in [0, 0.05) is 11.4 Å². The number of hydrogen-bond acceptors (Lipinski definition) is 5. The molecule has 1 aromatic heterocycles. The van der Waals surface area contributed by atoms with E-state index in [4.69, 9.17) is 5.73 Å². The van der Waals surface area contributed by atoms with Crippen molar-refractivity contribution in [1.82, 2.24) is 4.72 Å². The Labute approximate surface area is 116 Å². The van der Waals surface area contributed by atoms with Crippen molar-refractivity contribution < 1.29 is 8.42 Å². The minimum atomic E-state index is -3.33. The van der Waals surface area contributed by atoms with Crippen LogP contribution in [-0.4, -0.2) is 33.0 Å². The third-order valence-electron chi connectivity index (χ3n) is 2.88. The summed E-state index contributed by atoms with van der Waals surface area (Å²) in [5.74, 6) is 2.69. The maximum atomic E-state index is 12.1. The molecule has 1 fully saturated rings. The van der Waals surface area contributed by atoms with Crippen LogP contribution in [0.25, 0.3) is 0 Å². The molecule has 18 heavy (non-hydrogen) atoms. The Morgan fingerprint density at radius 1 is 1.44 bits per heavy atom. The predicted octanol–water partition coefficient (Wildman–Crippen LogP) is 1.28. The number of hydrogen-bond donors (Lipinski definition) is 2. The second kappa shape index (κ2) is 6.38. The molecule has 1 unspecified atom stereocenters. The van der Waals surface area contributed by atoms with E-state index in [0.717, 1.165) is 29.2 Å². The molecule has 0 spiro atoms. The van der Waals surface area contributed by atoms with Gasteiger partial charge < -0.3 is 5.73 Å². The van der Waals surface area contributed by atoms with E-state index < -0.39 is 10.0 Å². The van der Waals surface area contributed by atoms with Crippen molar-refractivity contribution >= 4 is 33.1 Å². The summed E-state index contributed by atoms with van der Waals surface area (Å²) in [6.07, 6.45) is 1.84. The summed E-state index contributed by atoms with van der Waals surface area (Å²) in [4.78, 5) is 1.02. The first-order chi connectivity index (χ1) is 8.62. The molecule has 7 heteroatoms. The molecule has 4 nitrogen and oxygen atoms in total. The Morgan fingerprint density at radius 2 is 2.28 bits per heavy atom. The van der Waals surface area contributed by atoms with Gasteiger partial charge in [-0.25, -0.2) is 13.1 Å². The van der Waals surface area contributed by atoms with Gasteiger partial charge in [-0.15, -0.1) is 11.3 Å². The molecule has 1 aliphatic rings. The van der Waals surface area contributed by atoms with Gasteiger partial charge in [-0.1, -0.05) is 0 Å². The van der Waals surface area contributed by atoms with Gasteiger partial charge in [-0.05, 0) is 48.9 Å². The number of thiophene rings is 1. The highest BCUT2D eigenvalue weighted by molar-refractivity contribution is 7.99. The van der Waals surface area contributed by atoms with Crippen LogP contribution in [0.5, 0.6) is 0 Å². The van der Waals surface area contributed by atoms with Crippen LogP contribution in [-0.2, 0) is 16.4 Å². The minimum Gasteiger partial charge on any atom is -0.330 e. The molecule has 0 aromatic carbocycles. The lowest BCUT2D eigenvalue weighted by Crippen LogP contribution is -2.28. The summed E-state index contributed by atoms with van der Waals surface area (Å²) in [6, 6.07) is 3.51. The zero-order chi connectivity index (χ0) is 13.0. The molecule has 1 saturated heterocycles. The van der Waals surface area contributed by atoms with E-state index in [1.165, 1.54) is 11.3 Å². The van der Waals surface area contributed by atoms with Crippen molar-refractivity contribution in [3.63, 3.8) is 0 Å². The molecular weight excluding hydrogens is 288 g/mol. The van der Waals surface area contributed by atoms with Gasteiger partial charge in [0.05, 0.1) is 0 Å². The molecule has 0 amide bonds.